The van der Waals surface area contributed by atoms with Crippen LogP contribution < -0.4 is 10.1 Å². The second-order valence-electron chi connectivity index (χ2n) is 4.78. The first kappa shape index (κ1) is 17.4. The van der Waals surface area contributed by atoms with Gasteiger partial charge in [-0.1, -0.05) is 6.92 Å². The smallest absolute Gasteiger partial charge is 0.260 e. The summed E-state index contributed by atoms with van der Waals surface area (Å²) in [6.07, 6.45) is 1.01. The number of ether oxygens (including phenoxy) is 1. The summed E-state index contributed by atoms with van der Waals surface area (Å²) in [6, 6.07) is 4.37. The van der Waals surface area contributed by atoms with Crippen LogP contribution in [0, 0.1) is 5.82 Å². The first-order valence-corrected chi connectivity index (χ1v) is 7.52. The number of benzene rings is 1. The molecule has 1 aromatic rings. The third-order valence-corrected chi connectivity index (χ3v) is 3.23. The van der Waals surface area contributed by atoms with Gasteiger partial charge in [-0.2, -0.15) is 0 Å². The predicted molar refractivity (Wildman–Crippen MR) is 81.8 cm³/mol. The summed E-state index contributed by atoms with van der Waals surface area (Å²) in [6.45, 7) is 8.61. The number of hydrogen-bond acceptors (Lipinski definition) is 3. The molecule has 1 aromatic carbocycles. The third-order valence-electron chi connectivity index (χ3n) is 3.23. The van der Waals surface area contributed by atoms with Crippen molar-refractivity contribution in [3.63, 3.8) is 0 Å². The number of likely N-dealkylation sites (N-methyl/N-ethyl adjacent to an activating group) is 1. The second-order valence-corrected chi connectivity index (χ2v) is 4.78. The molecule has 5 heteroatoms. The largest absolute Gasteiger partial charge is 0.483 e. The van der Waals surface area contributed by atoms with E-state index in [0.29, 0.717) is 25.4 Å². The number of rotatable bonds is 9. The quantitative estimate of drug-likeness (QED) is 0.712. The van der Waals surface area contributed by atoms with Crippen LogP contribution in [0.15, 0.2) is 18.2 Å². The lowest BCUT2D eigenvalue weighted by Crippen LogP contribution is -2.34. The highest BCUT2D eigenvalue weighted by Gasteiger charge is 2.12. The van der Waals surface area contributed by atoms with Crippen molar-refractivity contribution in [2.75, 3.05) is 26.2 Å². The molecule has 0 saturated heterocycles. The Bertz CT molecular complexity index is 448. The molecule has 0 saturated carbocycles. The van der Waals surface area contributed by atoms with Crippen molar-refractivity contribution < 1.29 is 13.9 Å². The molecule has 0 aliphatic rings. The minimum Gasteiger partial charge on any atom is -0.483 e. The van der Waals surface area contributed by atoms with E-state index in [1.807, 2.05) is 13.8 Å². The summed E-state index contributed by atoms with van der Waals surface area (Å²) < 4.78 is 18.9. The van der Waals surface area contributed by atoms with Crippen molar-refractivity contribution in [1.82, 2.24) is 10.2 Å². The molecule has 4 nitrogen and oxygen atoms in total. The van der Waals surface area contributed by atoms with E-state index in [1.54, 1.807) is 11.0 Å². The zero-order valence-corrected chi connectivity index (χ0v) is 13.1. The van der Waals surface area contributed by atoms with Crippen LogP contribution in [0.25, 0.3) is 0 Å². The first-order chi connectivity index (χ1) is 10.1. The van der Waals surface area contributed by atoms with Crippen LogP contribution in [0.4, 0.5) is 4.39 Å². The second kappa shape index (κ2) is 9.34. The van der Waals surface area contributed by atoms with Crippen molar-refractivity contribution in [1.29, 1.82) is 0 Å². The lowest BCUT2D eigenvalue weighted by molar-refractivity contribution is -0.132. The van der Waals surface area contributed by atoms with Gasteiger partial charge in [0.25, 0.3) is 5.91 Å². The summed E-state index contributed by atoms with van der Waals surface area (Å²) in [5.41, 5.74) is 0.732. The highest BCUT2D eigenvalue weighted by molar-refractivity contribution is 5.77. The van der Waals surface area contributed by atoms with E-state index >= 15 is 0 Å². The Kier molecular flexibility index (Phi) is 7.75. The van der Waals surface area contributed by atoms with Gasteiger partial charge in [0.05, 0.1) is 0 Å². The minimum atomic E-state index is -0.300. The molecule has 0 heterocycles. The van der Waals surface area contributed by atoms with E-state index in [4.69, 9.17) is 4.74 Å². The molecule has 0 atom stereocenters. The van der Waals surface area contributed by atoms with E-state index in [2.05, 4.69) is 12.2 Å². The molecule has 0 fully saturated rings. The molecular weight excluding hydrogens is 271 g/mol. The van der Waals surface area contributed by atoms with Crippen LogP contribution in [-0.2, 0) is 11.3 Å². The average Bonchev–Trinajstić information content (AvgIpc) is 2.48. The summed E-state index contributed by atoms with van der Waals surface area (Å²) in [4.78, 5) is 13.6. The molecule has 0 unspecified atom stereocenters. The van der Waals surface area contributed by atoms with E-state index in [-0.39, 0.29) is 18.3 Å². The van der Waals surface area contributed by atoms with Gasteiger partial charge in [-0.05, 0) is 45.0 Å². The fourth-order valence-corrected chi connectivity index (χ4v) is 2.03. The number of nitrogens with zero attached hydrogens (tertiary/aromatic N) is 1. The summed E-state index contributed by atoms with van der Waals surface area (Å²) in [5, 5.41) is 3.21. The first-order valence-electron chi connectivity index (χ1n) is 7.52. The lowest BCUT2D eigenvalue weighted by atomic mass is 10.2. The standard InChI is InChI=1S/C16H25FN2O2/c1-4-9-18-11-13-10-14(17)7-8-15(13)21-12-16(20)19(5-2)6-3/h7-8,10,18H,4-6,9,11-12H2,1-3H3. The number of halogens is 1. The Labute approximate surface area is 126 Å². The molecule has 1 amide bonds. The van der Waals surface area contributed by atoms with Crippen molar-refractivity contribution in [2.45, 2.75) is 33.7 Å². The molecule has 0 aliphatic carbocycles. The van der Waals surface area contributed by atoms with Gasteiger partial charge in [0.1, 0.15) is 11.6 Å². The maximum absolute atomic E-state index is 13.3. The molecule has 1 N–H and O–H groups in total. The number of carbonyl (C=O) groups is 1. The van der Waals surface area contributed by atoms with Gasteiger partial charge in [-0.25, -0.2) is 4.39 Å². The normalized spacial score (nSPS) is 10.5. The Morgan fingerprint density at radius 1 is 1.29 bits per heavy atom. The van der Waals surface area contributed by atoms with Crippen LogP contribution in [-0.4, -0.2) is 37.0 Å². The van der Waals surface area contributed by atoms with Gasteiger partial charge in [0, 0.05) is 25.2 Å². The third kappa shape index (κ3) is 5.71. The van der Waals surface area contributed by atoms with Crippen LogP contribution in [0.2, 0.25) is 0 Å². The Hall–Kier alpha value is -1.62. The van der Waals surface area contributed by atoms with E-state index < -0.39 is 0 Å². The molecule has 0 aromatic heterocycles. The zero-order valence-electron chi connectivity index (χ0n) is 13.1. The number of carbonyl (C=O) groups excluding carboxylic acids is 1. The average molecular weight is 296 g/mol. The van der Waals surface area contributed by atoms with Crippen molar-refractivity contribution in [3.05, 3.63) is 29.6 Å². The van der Waals surface area contributed by atoms with Gasteiger partial charge >= 0.3 is 0 Å². The summed E-state index contributed by atoms with van der Waals surface area (Å²) >= 11 is 0. The molecule has 118 valence electrons. The van der Waals surface area contributed by atoms with Gasteiger partial charge in [0.15, 0.2) is 6.61 Å². The van der Waals surface area contributed by atoms with Crippen LogP contribution in [0.5, 0.6) is 5.75 Å². The Morgan fingerprint density at radius 3 is 2.62 bits per heavy atom. The maximum atomic E-state index is 13.3. The molecule has 0 spiro atoms. The van der Waals surface area contributed by atoms with E-state index in [9.17, 15) is 9.18 Å². The lowest BCUT2D eigenvalue weighted by Gasteiger charge is -2.19. The fourth-order valence-electron chi connectivity index (χ4n) is 2.03. The van der Waals surface area contributed by atoms with E-state index in [1.165, 1.54) is 12.1 Å². The van der Waals surface area contributed by atoms with Gasteiger partial charge in [-0.3, -0.25) is 4.79 Å². The zero-order chi connectivity index (χ0) is 15.7. The summed E-state index contributed by atoms with van der Waals surface area (Å²) in [5.74, 6) is 0.197. The van der Waals surface area contributed by atoms with Gasteiger partial charge in [0.2, 0.25) is 0 Å². The SMILES string of the molecule is CCCNCc1cc(F)ccc1OCC(=O)N(CC)CC. The Balaban J connectivity index is 2.66. The van der Waals surface area contributed by atoms with Crippen molar-refractivity contribution in [2.24, 2.45) is 0 Å². The van der Waals surface area contributed by atoms with Crippen LogP contribution in [0.3, 0.4) is 0 Å². The molecular formula is C16H25FN2O2. The highest BCUT2D eigenvalue weighted by atomic mass is 19.1. The number of nitrogens with one attached hydrogen (secondary N) is 1. The molecule has 1 rings (SSSR count). The fraction of sp³-hybridized carbons (Fsp3) is 0.562. The van der Waals surface area contributed by atoms with E-state index in [0.717, 1.165) is 18.5 Å². The molecule has 0 bridgehead atoms. The van der Waals surface area contributed by atoms with Crippen LogP contribution in [0.1, 0.15) is 32.8 Å². The topological polar surface area (TPSA) is 41.6 Å². The molecule has 21 heavy (non-hydrogen) atoms. The molecule has 0 radical (unpaired) electrons. The van der Waals surface area contributed by atoms with Gasteiger partial charge in [-0.15, -0.1) is 0 Å². The molecule has 0 aliphatic heterocycles. The number of amides is 1. The predicted octanol–water partition coefficient (Wildman–Crippen LogP) is 2.57. The summed E-state index contributed by atoms with van der Waals surface area (Å²) in [7, 11) is 0. The maximum Gasteiger partial charge on any atom is 0.260 e. The highest BCUT2D eigenvalue weighted by Crippen LogP contribution is 2.19. The Morgan fingerprint density at radius 2 is 2.00 bits per heavy atom. The monoisotopic (exact) mass is 296 g/mol. The van der Waals surface area contributed by atoms with Gasteiger partial charge < -0.3 is 15.0 Å². The van der Waals surface area contributed by atoms with Crippen molar-refractivity contribution in [3.8, 4) is 5.75 Å². The van der Waals surface area contributed by atoms with Crippen LogP contribution >= 0.6 is 0 Å². The van der Waals surface area contributed by atoms with Crippen molar-refractivity contribution >= 4 is 5.91 Å². The number of hydrogen-bond donors (Lipinski definition) is 1. The minimum absolute atomic E-state index is 0.0198.